The largest absolute Gasteiger partial charge is 0.356 e. The fourth-order valence-electron chi connectivity index (χ4n) is 2.93. The number of benzene rings is 2. The van der Waals surface area contributed by atoms with Crippen molar-refractivity contribution in [3.63, 3.8) is 0 Å². The van der Waals surface area contributed by atoms with Crippen LogP contribution in [0.4, 0.5) is 0 Å². The van der Waals surface area contributed by atoms with Gasteiger partial charge in [0.15, 0.2) is 5.16 Å². The van der Waals surface area contributed by atoms with Crippen molar-refractivity contribution < 1.29 is 4.79 Å². The Morgan fingerprint density at radius 3 is 2.69 bits per heavy atom. The van der Waals surface area contributed by atoms with E-state index >= 15 is 0 Å². The van der Waals surface area contributed by atoms with E-state index in [9.17, 15) is 4.79 Å². The van der Waals surface area contributed by atoms with Gasteiger partial charge in [-0.1, -0.05) is 65.8 Å². The molecule has 0 aliphatic carbocycles. The number of thiazole rings is 1. The average Bonchev–Trinajstić information content (AvgIpc) is 3.33. The number of carbonyl (C=O) groups is 1. The van der Waals surface area contributed by atoms with E-state index in [1.807, 2.05) is 46.9 Å². The molecule has 29 heavy (non-hydrogen) atoms. The molecule has 0 saturated carbocycles. The standard InChI is InChI=1S/C21H19ClN4OS2/c22-17-8-6-16(7-9-17)18-14-29-21-25-24-20(26(18)21)28-13-11-19(27)23-12-10-15-4-2-1-3-5-15/h1-9,14H,10-13H2,(H,23,27). The number of rotatable bonds is 8. The first-order valence-electron chi connectivity index (χ1n) is 9.23. The highest BCUT2D eigenvalue weighted by molar-refractivity contribution is 7.99. The number of nitrogens with zero attached hydrogens (tertiary/aromatic N) is 3. The molecule has 4 rings (SSSR count). The molecule has 2 aromatic carbocycles. The van der Waals surface area contributed by atoms with Crippen LogP contribution in [0.15, 0.2) is 65.1 Å². The number of amides is 1. The van der Waals surface area contributed by atoms with E-state index in [-0.39, 0.29) is 5.91 Å². The maximum atomic E-state index is 12.1. The Morgan fingerprint density at radius 1 is 1.10 bits per heavy atom. The Balaban J connectivity index is 1.32. The minimum atomic E-state index is 0.0532. The lowest BCUT2D eigenvalue weighted by molar-refractivity contribution is -0.120. The smallest absolute Gasteiger partial charge is 0.220 e. The minimum Gasteiger partial charge on any atom is -0.356 e. The van der Waals surface area contributed by atoms with Crippen LogP contribution >= 0.6 is 34.7 Å². The second-order valence-electron chi connectivity index (χ2n) is 6.41. The Hall–Kier alpha value is -2.35. The summed E-state index contributed by atoms with van der Waals surface area (Å²) in [5.74, 6) is 0.700. The summed E-state index contributed by atoms with van der Waals surface area (Å²) in [6.45, 7) is 0.647. The lowest BCUT2D eigenvalue weighted by Crippen LogP contribution is -2.25. The third kappa shape index (κ3) is 4.98. The number of hydrogen-bond donors (Lipinski definition) is 1. The van der Waals surface area contributed by atoms with Gasteiger partial charge in [-0.15, -0.1) is 21.5 Å². The molecule has 2 aromatic heterocycles. The molecule has 8 heteroatoms. The lowest BCUT2D eigenvalue weighted by atomic mass is 10.1. The normalized spacial score (nSPS) is 11.1. The second-order valence-corrected chi connectivity index (χ2v) is 8.75. The minimum absolute atomic E-state index is 0.0532. The van der Waals surface area contributed by atoms with Crippen LogP contribution in [0.5, 0.6) is 0 Å². The number of aromatic nitrogens is 3. The van der Waals surface area contributed by atoms with E-state index in [0.29, 0.717) is 23.7 Å². The molecule has 5 nitrogen and oxygen atoms in total. The maximum Gasteiger partial charge on any atom is 0.220 e. The second kappa shape index (κ2) is 9.43. The quantitative estimate of drug-likeness (QED) is 0.392. The maximum absolute atomic E-state index is 12.1. The van der Waals surface area contributed by atoms with Crippen LogP contribution in [0.25, 0.3) is 16.2 Å². The fraction of sp³-hybridized carbons (Fsp3) is 0.190. The van der Waals surface area contributed by atoms with Gasteiger partial charge in [0.25, 0.3) is 0 Å². The third-order valence-electron chi connectivity index (χ3n) is 4.40. The van der Waals surface area contributed by atoms with Crippen molar-refractivity contribution in [3.8, 4) is 11.3 Å². The topological polar surface area (TPSA) is 59.3 Å². The van der Waals surface area contributed by atoms with Gasteiger partial charge >= 0.3 is 0 Å². The number of halogens is 1. The van der Waals surface area contributed by atoms with Gasteiger partial charge in [-0.2, -0.15) is 0 Å². The van der Waals surface area contributed by atoms with E-state index in [1.165, 1.54) is 5.56 Å². The lowest BCUT2D eigenvalue weighted by Gasteiger charge is -2.06. The molecule has 0 aliphatic heterocycles. The molecule has 1 N–H and O–H groups in total. The summed E-state index contributed by atoms with van der Waals surface area (Å²) >= 11 is 9.09. The van der Waals surface area contributed by atoms with Crippen LogP contribution in [0, 0.1) is 0 Å². The molecule has 0 spiro atoms. The Bertz CT molecular complexity index is 1090. The molecule has 0 aliphatic rings. The fourth-order valence-corrected chi connectivity index (χ4v) is 4.83. The van der Waals surface area contributed by atoms with Crippen molar-refractivity contribution in [2.75, 3.05) is 12.3 Å². The number of fused-ring (bicyclic) bond motifs is 1. The highest BCUT2D eigenvalue weighted by Gasteiger charge is 2.14. The molecular formula is C21H19ClN4OS2. The first-order valence-corrected chi connectivity index (χ1v) is 11.5. The zero-order chi connectivity index (χ0) is 20.1. The van der Waals surface area contributed by atoms with E-state index < -0.39 is 0 Å². The first kappa shape index (κ1) is 19.9. The van der Waals surface area contributed by atoms with Gasteiger partial charge in [0.05, 0.1) is 5.69 Å². The van der Waals surface area contributed by atoms with Crippen LogP contribution in [0.1, 0.15) is 12.0 Å². The van der Waals surface area contributed by atoms with Crippen molar-refractivity contribution in [1.82, 2.24) is 19.9 Å². The number of hydrogen-bond acceptors (Lipinski definition) is 5. The van der Waals surface area contributed by atoms with E-state index in [0.717, 1.165) is 27.8 Å². The number of nitrogens with one attached hydrogen (secondary N) is 1. The number of thioether (sulfide) groups is 1. The predicted octanol–water partition coefficient (Wildman–Crippen LogP) is 4.95. The third-order valence-corrected chi connectivity index (χ3v) is 6.40. The summed E-state index contributed by atoms with van der Waals surface area (Å²) in [7, 11) is 0. The van der Waals surface area contributed by atoms with Crippen LogP contribution in [0.2, 0.25) is 5.02 Å². The monoisotopic (exact) mass is 442 g/mol. The highest BCUT2D eigenvalue weighted by Crippen LogP contribution is 2.30. The molecule has 0 unspecified atom stereocenters. The van der Waals surface area contributed by atoms with Crippen LogP contribution in [-0.4, -0.2) is 32.8 Å². The summed E-state index contributed by atoms with van der Waals surface area (Å²) in [6, 6.07) is 17.9. The summed E-state index contributed by atoms with van der Waals surface area (Å²) in [4.78, 5) is 13.0. The van der Waals surface area contributed by atoms with Crippen LogP contribution in [-0.2, 0) is 11.2 Å². The number of carbonyl (C=O) groups excluding carboxylic acids is 1. The van der Waals surface area contributed by atoms with E-state index in [2.05, 4.69) is 33.0 Å². The van der Waals surface area contributed by atoms with Gasteiger partial charge in [0.1, 0.15) is 0 Å². The summed E-state index contributed by atoms with van der Waals surface area (Å²) in [5, 5.41) is 15.1. The molecule has 0 radical (unpaired) electrons. The molecule has 1 amide bonds. The first-order chi connectivity index (χ1) is 14.2. The highest BCUT2D eigenvalue weighted by atomic mass is 35.5. The van der Waals surface area contributed by atoms with Crippen LogP contribution < -0.4 is 5.32 Å². The summed E-state index contributed by atoms with van der Waals surface area (Å²) in [6.07, 6.45) is 1.28. The molecule has 0 atom stereocenters. The van der Waals surface area contributed by atoms with Crippen molar-refractivity contribution >= 4 is 45.6 Å². The molecular weight excluding hydrogens is 424 g/mol. The van der Waals surface area contributed by atoms with Gasteiger partial charge in [-0.25, -0.2) is 0 Å². The van der Waals surface area contributed by atoms with E-state index in [4.69, 9.17) is 11.6 Å². The van der Waals surface area contributed by atoms with Crippen molar-refractivity contribution in [3.05, 3.63) is 70.6 Å². The van der Waals surface area contributed by atoms with Gasteiger partial charge in [-0.3, -0.25) is 9.20 Å². The summed E-state index contributed by atoms with van der Waals surface area (Å²) in [5.41, 5.74) is 3.31. The summed E-state index contributed by atoms with van der Waals surface area (Å²) < 4.78 is 2.03. The van der Waals surface area contributed by atoms with Gasteiger partial charge < -0.3 is 5.32 Å². The Kier molecular flexibility index (Phi) is 6.49. The van der Waals surface area contributed by atoms with Crippen molar-refractivity contribution in [1.29, 1.82) is 0 Å². The molecule has 2 heterocycles. The van der Waals surface area contributed by atoms with Crippen molar-refractivity contribution in [2.45, 2.75) is 18.0 Å². The predicted molar refractivity (Wildman–Crippen MR) is 120 cm³/mol. The van der Waals surface area contributed by atoms with E-state index in [1.54, 1.807) is 23.1 Å². The zero-order valence-corrected chi connectivity index (χ0v) is 17.9. The Labute approximate surface area is 182 Å². The van der Waals surface area contributed by atoms with Gasteiger partial charge in [0.2, 0.25) is 10.9 Å². The molecule has 4 aromatic rings. The van der Waals surface area contributed by atoms with Gasteiger partial charge in [-0.05, 0) is 29.7 Å². The molecule has 0 bridgehead atoms. The molecule has 148 valence electrons. The zero-order valence-electron chi connectivity index (χ0n) is 15.5. The van der Waals surface area contributed by atoms with Crippen LogP contribution in [0.3, 0.4) is 0 Å². The average molecular weight is 443 g/mol. The SMILES string of the molecule is O=C(CCSc1nnc2scc(-c3ccc(Cl)cc3)n12)NCCc1ccccc1. The molecule has 0 fully saturated rings. The Morgan fingerprint density at radius 2 is 1.90 bits per heavy atom. The molecule has 0 saturated heterocycles. The van der Waals surface area contributed by atoms with Gasteiger partial charge in [0, 0.05) is 29.1 Å². The van der Waals surface area contributed by atoms with Crippen molar-refractivity contribution in [2.24, 2.45) is 0 Å².